The van der Waals surface area contributed by atoms with E-state index in [1.54, 1.807) is 0 Å². The molecule has 0 heterocycles. The Morgan fingerprint density at radius 2 is 1.57 bits per heavy atom. The highest BCUT2D eigenvalue weighted by molar-refractivity contribution is 8.12. The maximum atomic E-state index is 10.1. The second kappa shape index (κ2) is 1.86. The van der Waals surface area contributed by atoms with Gasteiger partial charge in [0, 0.05) is 5.25 Å². The summed E-state index contributed by atoms with van der Waals surface area (Å²) in [5, 5.41) is -0.451. The molecule has 0 aliphatic carbocycles. The average Bonchev–Trinajstić information content (AvgIpc) is 1.31. The maximum absolute atomic E-state index is 10.1. The van der Waals surface area contributed by atoms with Gasteiger partial charge in [0.2, 0.25) is 0 Å². The minimum Gasteiger partial charge on any atom is -0.242 e. The van der Waals surface area contributed by atoms with Crippen molar-refractivity contribution < 1.29 is 8.42 Å². The lowest BCUT2D eigenvalue weighted by atomic mass is 10.6. The van der Waals surface area contributed by atoms with E-state index < -0.39 is 14.9 Å². The van der Waals surface area contributed by atoms with Crippen LogP contribution in [0.3, 0.4) is 0 Å². The summed E-state index contributed by atoms with van der Waals surface area (Å²) in [5.74, 6) is 0. The Labute approximate surface area is 45.1 Å². The van der Waals surface area contributed by atoms with Crippen molar-refractivity contribution in [3.8, 4) is 0 Å². The highest BCUT2D eigenvalue weighted by Crippen LogP contribution is 1.91. The Morgan fingerprint density at radius 3 is 1.57 bits per heavy atom. The van der Waals surface area contributed by atoms with Crippen molar-refractivity contribution in [2.24, 2.45) is 0 Å². The zero-order valence-corrected chi connectivity index (χ0v) is 5.20. The fraction of sp³-hybridized carbons (Fsp3) is 1.00. The Balaban J connectivity index is 4.10. The molecule has 0 aromatic carbocycles. The molecule has 0 saturated heterocycles. The van der Waals surface area contributed by atoms with Crippen molar-refractivity contribution in [1.29, 1.82) is 0 Å². The van der Waals surface area contributed by atoms with Crippen LogP contribution in [0.5, 0.6) is 0 Å². The Morgan fingerprint density at radius 1 is 1.43 bits per heavy atom. The number of hydrogen-bond acceptors (Lipinski definition) is 2. The fourth-order valence-corrected chi connectivity index (χ4v) is 0. The van der Waals surface area contributed by atoms with E-state index in [0.29, 0.717) is 0 Å². The van der Waals surface area contributed by atoms with Crippen LogP contribution in [0.15, 0.2) is 0 Å². The van der Waals surface area contributed by atoms with Gasteiger partial charge >= 0.3 is 0 Å². The monoisotopic (exact) mass is 118 g/mol. The predicted molar refractivity (Wildman–Crippen MR) is 29.8 cm³/mol. The molecule has 7 heavy (non-hydrogen) atoms. The van der Waals surface area contributed by atoms with E-state index in [-0.39, 0.29) is 0 Å². The van der Waals surface area contributed by atoms with Crippen molar-refractivity contribution in [1.82, 2.24) is 0 Å². The van der Waals surface area contributed by atoms with Crippen LogP contribution in [0, 0.1) is 0 Å². The third kappa shape index (κ3) is 2.68. The van der Waals surface area contributed by atoms with Gasteiger partial charge in [0.25, 0.3) is 7.12 Å². The van der Waals surface area contributed by atoms with Gasteiger partial charge in [-0.2, -0.15) is 0 Å². The molecule has 0 bridgehead atoms. The van der Waals surface area contributed by atoms with Gasteiger partial charge in [0.05, 0.1) is 9.69 Å². The second-order valence-electron chi connectivity index (χ2n) is 1.64. The van der Waals surface area contributed by atoms with Gasteiger partial charge in [-0.3, -0.25) is 0 Å². The minimum absolute atomic E-state index is 0.451. The Kier molecular flexibility index (Phi) is 1.87. The fourth-order valence-electron chi connectivity index (χ4n) is 0. The summed E-state index contributed by atoms with van der Waals surface area (Å²) in [5.41, 5.74) is 0. The van der Waals surface area contributed by atoms with Gasteiger partial charge < -0.3 is 0 Å². The molecular formula is C3H7BO2S. The summed E-state index contributed by atoms with van der Waals surface area (Å²) in [6.07, 6.45) is 0. The van der Waals surface area contributed by atoms with E-state index >= 15 is 0 Å². The molecule has 0 rings (SSSR count). The molecule has 0 aromatic rings. The van der Waals surface area contributed by atoms with Crippen molar-refractivity contribution in [2.45, 2.75) is 19.1 Å². The molecule has 2 nitrogen and oxygen atoms in total. The van der Waals surface area contributed by atoms with Crippen LogP contribution in [-0.2, 0) is 9.69 Å². The Bertz CT molecular complexity index is 135. The zero-order valence-electron chi connectivity index (χ0n) is 4.38. The first-order chi connectivity index (χ1) is 2.94. The van der Waals surface area contributed by atoms with E-state index in [0.717, 1.165) is 0 Å². The molecule has 0 aromatic heterocycles. The van der Waals surface area contributed by atoms with E-state index in [4.69, 9.17) is 0 Å². The molecule has 0 aliphatic heterocycles. The minimum atomic E-state index is -3.24. The quantitative estimate of drug-likeness (QED) is 0.450. The smallest absolute Gasteiger partial charge is 0.242 e. The van der Waals surface area contributed by atoms with Crippen LogP contribution in [0.4, 0.5) is 0 Å². The van der Waals surface area contributed by atoms with Crippen molar-refractivity contribution in [3.05, 3.63) is 0 Å². The lowest BCUT2D eigenvalue weighted by Crippen LogP contribution is -2.11. The van der Waals surface area contributed by atoms with Gasteiger partial charge in [-0.25, -0.2) is 8.42 Å². The molecule has 0 amide bonds. The highest BCUT2D eigenvalue weighted by atomic mass is 32.2. The van der Waals surface area contributed by atoms with E-state index in [1.165, 1.54) is 13.8 Å². The molecule has 4 heteroatoms. The molecule has 0 aliphatic rings. The largest absolute Gasteiger partial charge is 0.255 e. The van der Waals surface area contributed by atoms with Crippen LogP contribution in [0.2, 0.25) is 0 Å². The molecule has 0 unspecified atom stereocenters. The third-order valence-electron chi connectivity index (χ3n) is 0.657. The SMILES string of the molecule is [B]S(=O)(=O)C(C)C. The summed E-state index contributed by atoms with van der Waals surface area (Å²) in [7, 11) is 1.41. The first-order valence-corrected chi connectivity index (χ1v) is 3.57. The highest BCUT2D eigenvalue weighted by Gasteiger charge is 2.05. The molecule has 0 spiro atoms. The molecule has 0 N–H and O–H groups in total. The van der Waals surface area contributed by atoms with Crippen LogP contribution in [0.25, 0.3) is 0 Å². The van der Waals surface area contributed by atoms with E-state index in [1.807, 2.05) is 0 Å². The van der Waals surface area contributed by atoms with Crippen LogP contribution in [0.1, 0.15) is 13.8 Å². The summed E-state index contributed by atoms with van der Waals surface area (Å²) >= 11 is 0. The predicted octanol–water partition coefficient (Wildman–Crippen LogP) is -0.107. The topological polar surface area (TPSA) is 34.1 Å². The zero-order chi connectivity index (χ0) is 6.08. The molecule has 0 saturated carbocycles. The first-order valence-electron chi connectivity index (χ1n) is 1.96. The standard InChI is InChI=1S/C3H7BO2S/c1-3(2)7(4,5)6/h3H,1-2H3. The van der Waals surface area contributed by atoms with Gasteiger partial charge in [-0.15, -0.1) is 0 Å². The Hall–Kier alpha value is 0.0149. The first kappa shape index (κ1) is 7.01. The van der Waals surface area contributed by atoms with Gasteiger partial charge in [-0.05, 0) is 13.8 Å². The molecular weight excluding hydrogens is 111 g/mol. The molecule has 0 fully saturated rings. The normalized spacial score (nSPS) is 12.4. The molecule has 0 atom stereocenters. The maximum Gasteiger partial charge on any atom is 0.255 e. The van der Waals surface area contributed by atoms with Crippen molar-refractivity contribution in [2.75, 3.05) is 0 Å². The van der Waals surface area contributed by atoms with E-state index in [2.05, 4.69) is 7.12 Å². The van der Waals surface area contributed by atoms with Gasteiger partial charge in [0.1, 0.15) is 0 Å². The van der Waals surface area contributed by atoms with Crippen molar-refractivity contribution in [3.63, 3.8) is 0 Å². The second-order valence-corrected chi connectivity index (χ2v) is 3.76. The summed E-state index contributed by atoms with van der Waals surface area (Å²) in [4.78, 5) is 0. The van der Waals surface area contributed by atoms with E-state index in [9.17, 15) is 8.42 Å². The van der Waals surface area contributed by atoms with Crippen LogP contribution in [-0.4, -0.2) is 20.8 Å². The lowest BCUT2D eigenvalue weighted by molar-refractivity contribution is 0.601. The number of rotatable bonds is 1. The molecule has 40 valence electrons. The summed E-state index contributed by atoms with van der Waals surface area (Å²) < 4.78 is 20.2. The third-order valence-corrected chi connectivity index (χ3v) is 1.97. The summed E-state index contributed by atoms with van der Waals surface area (Å²) in [6.45, 7) is 3.07. The number of hydrogen-bond donors (Lipinski definition) is 0. The van der Waals surface area contributed by atoms with Crippen molar-refractivity contribution >= 4 is 16.8 Å². The van der Waals surface area contributed by atoms with Gasteiger partial charge in [-0.1, -0.05) is 0 Å². The van der Waals surface area contributed by atoms with Crippen LogP contribution < -0.4 is 0 Å². The van der Waals surface area contributed by atoms with Crippen LogP contribution >= 0.6 is 0 Å². The average molecular weight is 118 g/mol. The summed E-state index contributed by atoms with van der Waals surface area (Å²) in [6, 6.07) is 0. The molecule has 2 radical (unpaired) electrons. The van der Waals surface area contributed by atoms with Gasteiger partial charge in [0.15, 0.2) is 0 Å². The lowest BCUT2D eigenvalue weighted by Gasteiger charge is -1.97.